The molecular weight excluding hydrogens is 471 g/mol. The third kappa shape index (κ3) is 5.67. The van der Waals surface area contributed by atoms with Crippen molar-refractivity contribution in [3.8, 4) is 0 Å². The number of hydrogen-bond acceptors (Lipinski definition) is 5. The third-order valence-electron chi connectivity index (χ3n) is 5.10. The van der Waals surface area contributed by atoms with Gasteiger partial charge in [0.2, 0.25) is 10.0 Å². The van der Waals surface area contributed by atoms with E-state index < -0.39 is 46.0 Å². The number of Topliss-reactive ketones (excluding diaryl/α,β-unsaturated/α-hetero) is 1. The van der Waals surface area contributed by atoms with Crippen molar-refractivity contribution < 1.29 is 35.9 Å². The fourth-order valence-electron chi connectivity index (χ4n) is 3.29. The molecule has 1 saturated heterocycles. The number of nitrogens with zero attached hydrogens (tertiary/aromatic N) is 1. The summed E-state index contributed by atoms with van der Waals surface area (Å²) in [7, 11) is -3.73. The Morgan fingerprint density at radius 3 is 2.28 bits per heavy atom. The van der Waals surface area contributed by atoms with E-state index in [1.807, 2.05) is 0 Å². The highest BCUT2D eigenvalue weighted by Gasteiger charge is 2.33. The van der Waals surface area contributed by atoms with Gasteiger partial charge in [-0.3, -0.25) is 9.59 Å². The number of hydrogen-bond donors (Lipinski definition) is 0. The summed E-state index contributed by atoms with van der Waals surface area (Å²) in [6.45, 7) is -0.512. The van der Waals surface area contributed by atoms with Crippen molar-refractivity contribution in [2.24, 2.45) is 5.92 Å². The number of benzene rings is 2. The highest BCUT2D eigenvalue weighted by Crippen LogP contribution is 2.30. The Labute approximate surface area is 188 Å². The molecule has 0 aliphatic carbocycles. The van der Waals surface area contributed by atoms with E-state index in [1.54, 1.807) is 0 Å². The van der Waals surface area contributed by atoms with Crippen molar-refractivity contribution in [2.45, 2.75) is 23.9 Å². The lowest BCUT2D eigenvalue weighted by Crippen LogP contribution is -2.40. The lowest BCUT2D eigenvalue weighted by Gasteiger charge is -2.30. The van der Waals surface area contributed by atoms with Crippen molar-refractivity contribution in [3.05, 3.63) is 64.7 Å². The number of rotatable bonds is 6. The average molecular weight is 490 g/mol. The van der Waals surface area contributed by atoms with E-state index in [-0.39, 0.29) is 36.4 Å². The second kappa shape index (κ2) is 9.60. The minimum Gasteiger partial charge on any atom is -0.457 e. The Kier molecular flexibility index (Phi) is 7.26. The predicted octanol–water partition coefficient (Wildman–Crippen LogP) is 4.19. The second-order valence-corrected chi connectivity index (χ2v) is 9.62. The maximum Gasteiger partial charge on any atom is 0.416 e. The van der Waals surface area contributed by atoms with E-state index in [1.165, 1.54) is 34.6 Å². The van der Waals surface area contributed by atoms with Crippen LogP contribution in [-0.2, 0) is 25.7 Å². The summed E-state index contributed by atoms with van der Waals surface area (Å²) < 4.78 is 70.0. The van der Waals surface area contributed by atoms with Crippen molar-refractivity contribution in [1.29, 1.82) is 0 Å². The first-order chi connectivity index (χ1) is 15.0. The van der Waals surface area contributed by atoms with Gasteiger partial charge < -0.3 is 4.74 Å². The molecule has 0 spiro atoms. The molecule has 172 valence electrons. The maximum atomic E-state index is 12.8. The molecule has 2 aromatic rings. The second-order valence-electron chi connectivity index (χ2n) is 7.24. The lowest BCUT2D eigenvalue weighted by molar-refractivity contribution is -0.148. The molecule has 11 heteroatoms. The molecule has 1 aliphatic heterocycles. The van der Waals surface area contributed by atoms with Crippen LogP contribution < -0.4 is 0 Å². The van der Waals surface area contributed by atoms with E-state index in [0.717, 1.165) is 12.1 Å². The van der Waals surface area contributed by atoms with Crippen LogP contribution in [0.2, 0.25) is 5.02 Å². The number of halogens is 4. The van der Waals surface area contributed by atoms with Crippen LogP contribution in [0, 0.1) is 5.92 Å². The molecular formula is C21H19ClF3NO5S. The summed E-state index contributed by atoms with van der Waals surface area (Å²) in [5.74, 6) is -2.05. The van der Waals surface area contributed by atoms with Crippen LogP contribution >= 0.6 is 11.6 Å². The minimum atomic E-state index is -4.59. The number of esters is 1. The first-order valence-electron chi connectivity index (χ1n) is 9.61. The molecule has 0 radical (unpaired) electrons. The van der Waals surface area contributed by atoms with Crippen LogP contribution in [0.3, 0.4) is 0 Å². The Bertz CT molecular complexity index is 1100. The van der Waals surface area contributed by atoms with E-state index >= 15 is 0 Å². The van der Waals surface area contributed by atoms with Gasteiger partial charge in [-0.1, -0.05) is 23.7 Å². The topological polar surface area (TPSA) is 80.8 Å². The maximum absolute atomic E-state index is 12.8. The number of ketones is 1. The van der Waals surface area contributed by atoms with Gasteiger partial charge in [0.25, 0.3) is 0 Å². The van der Waals surface area contributed by atoms with E-state index in [9.17, 15) is 31.2 Å². The average Bonchev–Trinajstić information content (AvgIpc) is 2.77. The number of ether oxygens (including phenoxy) is 1. The van der Waals surface area contributed by atoms with Crippen LogP contribution in [0.4, 0.5) is 13.2 Å². The van der Waals surface area contributed by atoms with Gasteiger partial charge >= 0.3 is 12.1 Å². The highest BCUT2D eigenvalue weighted by molar-refractivity contribution is 7.89. The number of alkyl halides is 3. The summed E-state index contributed by atoms with van der Waals surface area (Å²) >= 11 is 5.79. The van der Waals surface area contributed by atoms with Gasteiger partial charge in [-0.2, -0.15) is 17.5 Å². The molecule has 6 nitrogen and oxygen atoms in total. The van der Waals surface area contributed by atoms with E-state index in [2.05, 4.69) is 0 Å². The number of piperidine rings is 1. The summed E-state index contributed by atoms with van der Waals surface area (Å²) in [5, 5.41) is 0.407. The summed E-state index contributed by atoms with van der Waals surface area (Å²) in [4.78, 5) is 24.5. The highest BCUT2D eigenvalue weighted by atomic mass is 35.5. The van der Waals surface area contributed by atoms with Gasteiger partial charge in [-0.05, 0) is 49.2 Å². The van der Waals surface area contributed by atoms with Crippen LogP contribution in [0.15, 0.2) is 53.4 Å². The summed E-state index contributed by atoms with van der Waals surface area (Å²) in [5.41, 5.74) is -1.18. The number of sulfonamides is 1. The molecule has 3 rings (SSSR count). The van der Waals surface area contributed by atoms with Crippen molar-refractivity contribution >= 4 is 33.4 Å². The van der Waals surface area contributed by atoms with Crippen molar-refractivity contribution in [2.75, 3.05) is 19.7 Å². The zero-order valence-corrected chi connectivity index (χ0v) is 18.2. The van der Waals surface area contributed by atoms with Gasteiger partial charge in [0.05, 0.1) is 16.4 Å². The molecule has 0 saturated carbocycles. The molecule has 1 aliphatic rings. The largest absolute Gasteiger partial charge is 0.457 e. The van der Waals surface area contributed by atoms with Crippen LogP contribution in [0.1, 0.15) is 28.8 Å². The molecule has 0 aromatic heterocycles. The zero-order chi connectivity index (χ0) is 23.5. The van der Waals surface area contributed by atoms with E-state index in [4.69, 9.17) is 16.3 Å². The van der Waals surface area contributed by atoms with Gasteiger partial charge in [0.15, 0.2) is 12.4 Å². The lowest BCUT2D eigenvalue weighted by atomic mass is 9.98. The Balaban J connectivity index is 1.54. The molecule has 32 heavy (non-hydrogen) atoms. The normalized spacial score (nSPS) is 16.0. The van der Waals surface area contributed by atoms with Crippen LogP contribution in [0.25, 0.3) is 0 Å². The van der Waals surface area contributed by atoms with Crippen molar-refractivity contribution in [3.63, 3.8) is 0 Å². The van der Waals surface area contributed by atoms with E-state index in [0.29, 0.717) is 11.1 Å². The molecule has 2 aromatic carbocycles. The van der Waals surface area contributed by atoms with Gasteiger partial charge in [-0.15, -0.1) is 0 Å². The summed E-state index contributed by atoms with van der Waals surface area (Å²) in [6, 6.07) is 9.61. The monoisotopic (exact) mass is 489 g/mol. The fourth-order valence-corrected chi connectivity index (χ4v) is 4.89. The van der Waals surface area contributed by atoms with Gasteiger partial charge in [0, 0.05) is 23.7 Å². The molecule has 1 heterocycles. The first-order valence-corrected chi connectivity index (χ1v) is 11.4. The molecule has 0 unspecified atom stereocenters. The first kappa shape index (κ1) is 24.2. The number of carbonyl (C=O) groups excluding carboxylic acids is 2. The molecule has 0 bridgehead atoms. The SMILES string of the molecule is O=C(COC(=O)C1CCN(S(=O)(=O)c2ccc(Cl)cc2)CC1)c1cccc(C(F)(F)F)c1. The molecule has 0 atom stereocenters. The Morgan fingerprint density at radius 2 is 1.69 bits per heavy atom. The molecule has 0 amide bonds. The molecule has 1 fully saturated rings. The number of carbonyl (C=O) groups is 2. The summed E-state index contributed by atoms with van der Waals surface area (Å²) in [6.07, 6.45) is -4.19. The van der Waals surface area contributed by atoms with Crippen LogP contribution in [-0.4, -0.2) is 44.2 Å². The smallest absolute Gasteiger partial charge is 0.416 e. The quantitative estimate of drug-likeness (QED) is 0.449. The molecule has 0 N–H and O–H groups in total. The van der Waals surface area contributed by atoms with Crippen LogP contribution in [0.5, 0.6) is 0 Å². The predicted molar refractivity (Wildman–Crippen MR) is 110 cm³/mol. The standard InChI is InChI=1S/C21H19ClF3NO5S/c22-17-4-6-18(7-5-17)32(29,30)26-10-8-14(9-11-26)20(28)31-13-19(27)15-2-1-3-16(12-15)21(23,24)25/h1-7,12,14H,8-11,13H2. The Hall–Kier alpha value is -2.43. The minimum absolute atomic E-state index is 0.0896. The van der Waals surface area contributed by atoms with Gasteiger partial charge in [0.1, 0.15) is 0 Å². The Morgan fingerprint density at radius 1 is 1.06 bits per heavy atom. The van der Waals surface area contributed by atoms with Gasteiger partial charge in [-0.25, -0.2) is 8.42 Å². The third-order valence-corrected chi connectivity index (χ3v) is 7.26. The fraction of sp³-hybridized carbons (Fsp3) is 0.333. The zero-order valence-electron chi connectivity index (χ0n) is 16.6. The van der Waals surface area contributed by atoms with Crippen molar-refractivity contribution in [1.82, 2.24) is 4.31 Å².